The summed E-state index contributed by atoms with van der Waals surface area (Å²) in [5, 5.41) is 17.1. The molecule has 6 nitrogen and oxygen atoms in total. The third-order valence-electron chi connectivity index (χ3n) is 3.29. The van der Waals surface area contributed by atoms with E-state index in [1.807, 2.05) is 13.8 Å². The zero-order chi connectivity index (χ0) is 16.8. The van der Waals surface area contributed by atoms with Crippen LogP contribution in [0.2, 0.25) is 5.02 Å². The van der Waals surface area contributed by atoms with E-state index in [1.165, 1.54) is 0 Å². The predicted molar refractivity (Wildman–Crippen MR) is 86.1 cm³/mol. The largest absolute Gasteiger partial charge is 0.387 e. The Labute approximate surface area is 139 Å². The van der Waals surface area contributed by atoms with Crippen LogP contribution in [0.25, 0.3) is 0 Å². The monoisotopic (exact) mass is 337 g/mol. The zero-order valence-corrected chi connectivity index (χ0v) is 13.9. The molecule has 0 saturated carbocycles. The second kappa shape index (κ2) is 8.08. The lowest BCUT2D eigenvalue weighted by Crippen LogP contribution is -2.28. The SMILES string of the molecule is CC(C)c1noc(CCC(=O)NCC(O)c2cccc(Cl)c2)n1. The van der Waals surface area contributed by atoms with Crippen LogP contribution in [0.5, 0.6) is 0 Å². The van der Waals surface area contributed by atoms with Gasteiger partial charge in [-0.05, 0) is 17.7 Å². The van der Waals surface area contributed by atoms with Crippen molar-refractivity contribution in [3.8, 4) is 0 Å². The van der Waals surface area contributed by atoms with Gasteiger partial charge in [0, 0.05) is 30.3 Å². The van der Waals surface area contributed by atoms with Crippen molar-refractivity contribution in [3.63, 3.8) is 0 Å². The topological polar surface area (TPSA) is 88.2 Å². The van der Waals surface area contributed by atoms with Crippen LogP contribution in [-0.4, -0.2) is 27.7 Å². The summed E-state index contributed by atoms with van der Waals surface area (Å²) in [6.07, 6.45) is -0.200. The molecule has 1 aromatic heterocycles. The van der Waals surface area contributed by atoms with Crippen LogP contribution in [0.1, 0.15) is 49.6 Å². The highest BCUT2D eigenvalue weighted by Gasteiger charge is 2.13. The maximum atomic E-state index is 11.8. The van der Waals surface area contributed by atoms with Crippen LogP contribution in [0.4, 0.5) is 0 Å². The van der Waals surface area contributed by atoms with Crippen LogP contribution >= 0.6 is 11.6 Å². The molecule has 0 aliphatic heterocycles. The average Bonchev–Trinajstić information content (AvgIpc) is 3.00. The van der Waals surface area contributed by atoms with Crippen LogP contribution < -0.4 is 5.32 Å². The number of aryl methyl sites for hydroxylation is 1. The van der Waals surface area contributed by atoms with E-state index in [1.54, 1.807) is 24.3 Å². The van der Waals surface area contributed by atoms with Gasteiger partial charge in [0.1, 0.15) is 0 Å². The van der Waals surface area contributed by atoms with Crippen molar-refractivity contribution in [2.45, 2.75) is 38.7 Å². The molecule has 0 fully saturated rings. The first-order chi connectivity index (χ1) is 11.0. The number of hydrogen-bond donors (Lipinski definition) is 2. The molecule has 0 aliphatic rings. The number of aromatic nitrogens is 2. The van der Waals surface area contributed by atoms with Crippen molar-refractivity contribution < 1.29 is 14.4 Å². The number of aliphatic hydroxyl groups excluding tert-OH is 1. The Bertz CT molecular complexity index is 658. The van der Waals surface area contributed by atoms with E-state index in [2.05, 4.69) is 15.5 Å². The van der Waals surface area contributed by atoms with Gasteiger partial charge in [-0.3, -0.25) is 4.79 Å². The Morgan fingerprint density at radius 2 is 2.22 bits per heavy atom. The Morgan fingerprint density at radius 1 is 1.43 bits per heavy atom. The fourth-order valence-corrected chi connectivity index (χ4v) is 2.15. The summed E-state index contributed by atoms with van der Waals surface area (Å²) in [5.41, 5.74) is 0.663. The minimum absolute atomic E-state index is 0.125. The zero-order valence-electron chi connectivity index (χ0n) is 13.1. The predicted octanol–water partition coefficient (Wildman–Crippen LogP) is 2.63. The summed E-state index contributed by atoms with van der Waals surface area (Å²) in [4.78, 5) is 16.0. The minimum Gasteiger partial charge on any atom is -0.387 e. The molecule has 1 atom stereocenters. The first-order valence-electron chi connectivity index (χ1n) is 7.48. The lowest BCUT2D eigenvalue weighted by molar-refractivity contribution is -0.121. The minimum atomic E-state index is -0.798. The normalized spacial score (nSPS) is 12.4. The first kappa shape index (κ1) is 17.4. The molecule has 1 heterocycles. The van der Waals surface area contributed by atoms with Crippen LogP contribution in [0, 0.1) is 0 Å². The molecule has 0 spiro atoms. The summed E-state index contributed by atoms with van der Waals surface area (Å²) < 4.78 is 5.08. The quantitative estimate of drug-likeness (QED) is 0.810. The molecular formula is C16H20ClN3O3. The number of nitrogens with one attached hydrogen (secondary N) is 1. The number of amides is 1. The molecule has 1 unspecified atom stereocenters. The number of benzene rings is 1. The number of rotatable bonds is 7. The molecule has 124 valence electrons. The summed E-state index contributed by atoms with van der Waals surface area (Å²) in [6, 6.07) is 6.91. The summed E-state index contributed by atoms with van der Waals surface area (Å²) >= 11 is 5.87. The number of aliphatic hydroxyl groups is 1. The number of carbonyl (C=O) groups excluding carboxylic acids is 1. The van der Waals surface area contributed by atoms with E-state index in [-0.39, 0.29) is 24.8 Å². The van der Waals surface area contributed by atoms with E-state index < -0.39 is 6.10 Å². The molecule has 2 N–H and O–H groups in total. The van der Waals surface area contributed by atoms with E-state index in [0.29, 0.717) is 28.7 Å². The molecule has 23 heavy (non-hydrogen) atoms. The van der Waals surface area contributed by atoms with Gasteiger partial charge in [0.25, 0.3) is 0 Å². The van der Waals surface area contributed by atoms with Gasteiger partial charge in [-0.15, -0.1) is 0 Å². The Kier molecular flexibility index (Phi) is 6.12. The van der Waals surface area contributed by atoms with Crippen molar-refractivity contribution in [1.82, 2.24) is 15.5 Å². The smallest absolute Gasteiger partial charge is 0.227 e. The molecule has 0 radical (unpaired) electrons. The van der Waals surface area contributed by atoms with Crippen molar-refractivity contribution >= 4 is 17.5 Å². The summed E-state index contributed by atoms with van der Waals surface area (Å²) in [5.74, 6) is 1.08. The second-order valence-corrected chi connectivity index (χ2v) is 6.01. The third-order valence-corrected chi connectivity index (χ3v) is 3.53. The highest BCUT2D eigenvalue weighted by Crippen LogP contribution is 2.17. The lowest BCUT2D eigenvalue weighted by Gasteiger charge is -2.12. The molecule has 0 saturated heterocycles. The Balaban J connectivity index is 1.76. The van der Waals surface area contributed by atoms with E-state index >= 15 is 0 Å². The van der Waals surface area contributed by atoms with E-state index in [4.69, 9.17) is 16.1 Å². The highest BCUT2D eigenvalue weighted by molar-refractivity contribution is 6.30. The van der Waals surface area contributed by atoms with Gasteiger partial charge < -0.3 is 14.9 Å². The van der Waals surface area contributed by atoms with E-state index in [0.717, 1.165) is 0 Å². The average molecular weight is 338 g/mol. The number of hydrogen-bond acceptors (Lipinski definition) is 5. The molecule has 0 bridgehead atoms. The van der Waals surface area contributed by atoms with Gasteiger partial charge >= 0.3 is 0 Å². The van der Waals surface area contributed by atoms with Crippen LogP contribution in [0.15, 0.2) is 28.8 Å². The molecular weight excluding hydrogens is 318 g/mol. The molecule has 0 aliphatic carbocycles. The van der Waals surface area contributed by atoms with Crippen molar-refractivity contribution in [3.05, 3.63) is 46.6 Å². The van der Waals surface area contributed by atoms with Crippen molar-refractivity contribution in [2.24, 2.45) is 0 Å². The summed E-state index contributed by atoms with van der Waals surface area (Å²) in [6.45, 7) is 4.07. The maximum absolute atomic E-state index is 11.8. The van der Waals surface area contributed by atoms with Gasteiger partial charge in [-0.25, -0.2) is 0 Å². The van der Waals surface area contributed by atoms with Crippen molar-refractivity contribution in [1.29, 1.82) is 0 Å². The number of nitrogens with zero attached hydrogens (tertiary/aromatic N) is 2. The number of carbonyl (C=O) groups is 1. The number of halogens is 1. The highest BCUT2D eigenvalue weighted by atomic mass is 35.5. The molecule has 2 rings (SSSR count). The standard InChI is InChI=1S/C16H20ClN3O3/c1-10(2)16-19-15(23-20-16)7-6-14(22)18-9-13(21)11-4-3-5-12(17)8-11/h3-5,8,10,13,21H,6-7,9H2,1-2H3,(H,18,22). The first-order valence-corrected chi connectivity index (χ1v) is 7.86. The Morgan fingerprint density at radius 3 is 2.87 bits per heavy atom. The second-order valence-electron chi connectivity index (χ2n) is 5.58. The van der Waals surface area contributed by atoms with E-state index in [9.17, 15) is 9.90 Å². The van der Waals surface area contributed by atoms with Gasteiger partial charge in [0.05, 0.1) is 6.10 Å². The van der Waals surface area contributed by atoms with Crippen molar-refractivity contribution in [2.75, 3.05) is 6.54 Å². The fraction of sp³-hybridized carbons (Fsp3) is 0.438. The third kappa shape index (κ3) is 5.33. The maximum Gasteiger partial charge on any atom is 0.227 e. The Hall–Kier alpha value is -1.92. The molecule has 2 aromatic rings. The van der Waals surface area contributed by atoms with Gasteiger partial charge in [-0.2, -0.15) is 4.98 Å². The summed E-state index contributed by atoms with van der Waals surface area (Å²) in [7, 11) is 0. The molecule has 1 amide bonds. The van der Waals surface area contributed by atoms with Gasteiger partial charge in [-0.1, -0.05) is 42.7 Å². The van der Waals surface area contributed by atoms with Gasteiger partial charge in [0.15, 0.2) is 5.82 Å². The van der Waals surface area contributed by atoms with Crippen LogP contribution in [-0.2, 0) is 11.2 Å². The molecule has 7 heteroatoms. The fourth-order valence-electron chi connectivity index (χ4n) is 1.96. The van der Waals surface area contributed by atoms with Crippen LogP contribution in [0.3, 0.4) is 0 Å². The van der Waals surface area contributed by atoms with Gasteiger partial charge in [0.2, 0.25) is 11.8 Å². The lowest BCUT2D eigenvalue weighted by atomic mass is 10.1. The molecule has 1 aromatic carbocycles.